The van der Waals surface area contributed by atoms with Crippen LogP contribution in [-0.4, -0.2) is 23.4 Å². The van der Waals surface area contributed by atoms with Crippen LogP contribution in [0.25, 0.3) is 10.9 Å². The van der Waals surface area contributed by atoms with Crippen molar-refractivity contribution in [1.29, 1.82) is 0 Å². The van der Waals surface area contributed by atoms with Crippen LogP contribution in [-0.2, 0) is 16.1 Å². The first-order valence-electron chi connectivity index (χ1n) is 6.04. The van der Waals surface area contributed by atoms with Crippen LogP contribution in [0.4, 0.5) is 0 Å². The van der Waals surface area contributed by atoms with E-state index < -0.39 is 0 Å². The van der Waals surface area contributed by atoms with Crippen LogP contribution in [0.1, 0.15) is 22.0 Å². The smallest absolute Gasteiger partial charge is 0.315 e. The number of hydrogen-bond acceptors (Lipinski definition) is 3. The molecule has 0 bridgehead atoms. The summed E-state index contributed by atoms with van der Waals surface area (Å²) in [6, 6.07) is 7.80. The molecule has 2 atom stereocenters. The lowest BCUT2D eigenvalue weighted by Crippen LogP contribution is -2.09. The standard InChI is InChI=1S/C14H11NO3/c16-6-10-9-3-1-2-4-11(9)15-5-8-7-18-14(17)12(8)13(10)15/h1-4,6,8,12H,5,7H2/t8-,12+/m0/s1. The number of ether oxygens (including phenoxy) is 1. The van der Waals surface area contributed by atoms with Gasteiger partial charge >= 0.3 is 5.97 Å². The molecule has 2 aliphatic rings. The molecule has 4 nitrogen and oxygen atoms in total. The van der Waals surface area contributed by atoms with Gasteiger partial charge in [-0.2, -0.15) is 0 Å². The number of cyclic esters (lactones) is 1. The third-order valence-electron chi connectivity index (χ3n) is 4.05. The maximum Gasteiger partial charge on any atom is 0.315 e. The minimum atomic E-state index is -0.252. The van der Waals surface area contributed by atoms with Gasteiger partial charge in [-0.3, -0.25) is 9.59 Å². The van der Waals surface area contributed by atoms with Gasteiger partial charge in [0.1, 0.15) is 5.92 Å². The Labute approximate surface area is 103 Å². The van der Waals surface area contributed by atoms with Gasteiger partial charge in [-0.25, -0.2) is 0 Å². The van der Waals surface area contributed by atoms with E-state index in [-0.39, 0.29) is 17.8 Å². The van der Waals surface area contributed by atoms with Crippen molar-refractivity contribution >= 4 is 23.2 Å². The summed E-state index contributed by atoms with van der Waals surface area (Å²) in [7, 11) is 0. The molecule has 1 fully saturated rings. The van der Waals surface area contributed by atoms with E-state index in [1.54, 1.807) is 0 Å². The molecule has 0 radical (unpaired) electrons. The van der Waals surface area contributed by atoms with Gasteiger partial charge in [0.05, 0.1) is 6.61 Å². The number of para-hydroxylation sites is 1. The van der Waals surface area contributed by atoms with Crippen LogP contribution in [0.15, 0.2) is 24.3 Å². The summed E-state index contributed by atoms with van der Waals surface area (Å²) in [5.74, 6) is -0.252. The van der Waals surface area contributed by atoms with Crippen molar-refractivity contribution in [3.8, 4) is 0 Å². The summed E-state index contributed by atoms with van der Waals surface area (Å²) in [6.45, 7) is 1.23. The second-order valence-corrected chi connectivity index (χ2v) is 4.91. The van der Waals surface area contributed by atoms with Gasteiger partial charge in [-0.05, 0) is 6.07 Å². The number of carbonyl (C=O) groups excluding carboxylic acids is 2. The van der Waals surface area contributed by atoms with Crippen LogP contribution in [0.3, 0.4) is 0 Å². The van der Waals surface area contributed by atoms with Gasteiger partial charge in [0.2, 0.25) is 0 Å². The van der Waals surface area contributed by atoms with E-state index >= 15 is 0 Å². The first kappa shape index (κ1) is 9.88. The largest absolute Gasteiger partial charge is 0.465 e. The van der Waals surface area contributed by atoms with Crippen LogP contribution in [0, 0.1) is 5.92 Å². The normalized spacial score (nSPS) is 25.0. The number of carbonyl (C=O) groups is 2. The van der Waals surface area contributed by atoms with Gasteiger partial charge in [0.25, 0.3) is 0 Å². The molecule has 4 heteroatoms. The molecule has 18 heavy (non-hydrogen) atoms. The first-order valence-corrected chi connectivity index (χ1v) is 6.04. The SMILES string of the molecule is O=Cc1c2n(c3ccccc13)C[C@H]1COC(=O)[C@@H]21. The van der Waals surface area contributed by atoms with Gasteiger partial charge in [-0.15, -0.1) is 0 Å². The van der Waals surface area contributed by atoms with Gasteiger partial charge < -0.3 is 9.30 Å². The highest BCUT2D eigenvalue weighted by atomic mass is 16.5. The predicted molar refractivity (Wildman–Crippen MR) is 64.5 cm³/mol. The maximum atomic E-state index is 11.8. The fourth-order valence-corrected chi connectivity index (χ4v) is 3.30. The molecule has 1 saturated heterocycles. The first-order chi connectivity index (χ1) is 8.81. The van der Waals surface area contributed by atoms with E-state index in [4.69, 9.17) is 4.74 Å². The second-order valence-electron chi connectivity index (χ2n) is 4.91. The lowest BCUT2D eigenvalue weighted by Gasteiger charge is -2.03. The van der Waals surface area contributed by atoms with Crippen LogP contribution < -0.4 is 0 Å². The molecule has 3 heterocycles. The van der Waals surface area contributed by atoms with E-state index in [9.17, 15) is 9.59 Å². The lowest BCUT2D eigenvalue weighted by atomic mass is 9.93. The maximum absolute atomic E-state index is 11.8. The number of aldehydes is 1. The van der Waals surface area contributed by atoms with Gasteiger partial charge in [0.15, 0.2) is 6.29 Å². The molecule has 2 aliphatic heterocycles. The molecule has 0 spiro atoms. The van der Waals surface area contributed by atoms with Gasteiger partial charge in [0, 0.05) is 34.6 Å². The van der Waals surface area contributed by atoms with Gasteiger partial charge in [-0.1, -0.05) is 18.2 Å². The number of fused-ring (bicyclic) bond motifs is 5. The quantitative estimate of drug-likeness (QED) is 0.564. The summed E-state index contributed by atoms with van der Waals surface area (Å²) < 4.78 is 7.21. The van der Waals surface area contributed by atoms with Crippen LogP contribution in [0.2, 0.25) is 0 Å². The molecule has 0 N–H and O–H groups in total. The zero-order valence-corrected chi connectivity index (χ0v) is 9.63. The van der Waals surface area contributed by atoms with Crippen molar-refractivity contribution in [1.82, 2.24) is 4.57 Å². The summed E-state index contributed by atoms with van der Waals surface area (Å²) in [5, 5.41) is 0.931. The molecule has 2 aromatic rings. The average molecular weight is 241 g/mol. The molecule has 0 amide bonds. The average Bonchev–Trinajstić information content (AvgIpc) is 3.00. The van der Waals surface area contributed by atoms with E-state index in [2.05, 4.69) is 4.57 Å². The molecular weight excluding hydrogens is 230 g/mol. The molecule has 90 valence electrons. The summed E-state index contributed by atoms with van der Waals surface area (Å²) in [6.07, 6.45) is 0.863. The monoisotopic (exact) mass is 241 g/mol. The highest BCUT2D eigenvalue weighted by molar-refractivity contribution is 6.02. The number of hydrogen-bond donors (Lipinski definition) is 0. The number of nitrogens with zero attached hydrogens (tertiary/aromatic N) is 1. The summed E-state index contributed by atoms with van der Waals surface area (Å²) in [4.78, 5) is 23.2. The second kappa shape index (κ2) is 3.22. The number of rotatable bonds is 1. The topological polar surface area (TPSA) is 48.3 Å². The molecule has 1 aromatic carbocycles. The van der Waals surface area contributed by atoms with Crippen LogP contribution in [0.5, 0.6) is 0 Å². The van der Waals surface area contributed by atoms with Crippen molar-refractivity contribution in [3.63, 3.8) is 0 Å². The Morgan fingerprint density at radius 2 is 2.17 bits per heavy atom. The fourth-order valence-electron chi connectivity index (χ4n) is 3.30. The number of benzene rings is 1. The Balaban J connectivity index is 2.08. The highest BCUT2D eigenvalue weighted by Gasteiger charge is 2.46. The van der Waals surface area contributed by atoms with E-state index in [1.165, 1.54) is 0 Å². The highest BCUT2D eigenvalue weighted by Crippen LogP contribution is 2.44. The molecule has 0 saturated carbocycles. The minimum Gasteiger partial charge on any atom is -0.465 e. The van der Waals surface area contributed by atoms with E-state index in [0.29, 0.717) is 12.2 Å². The van der Waals surface area contributed by atoms with Crippen molar-refractivity contribution in [3.05, 3.63) is 35.5 Å². The van der Waals surface area contributed by atoms with Crippen molar-refractivity contribution < 1.29 is 14.3 Å². The Bertz CT molecular complexity index is 686. The Kier molecular flexibility index (Phi) is 1.77. The zero-order valence-electron chi connectivity index (χ0n) is 9.63. The third kappa shape index (κ3) is 1.01. The molecule has 0 aliphatic carbocycles. The van der Waals surface area contributed by atoms with Crippen molar-refractivity contribution in [2.24, 2.45) is 5.92 Å². The molecule has 4 rings (SSSR count). The number of esters is 1. The molecular formula is C14H11NO3. The molecule has 0 unspecified atom stereocenters. The predicted octanol–water partition coefficient (Wildman–Crippen LogP) is 1.72. The Morgan fingerprint density at radius 1 is 1.33 bits per heavy atom. The molecule has 1 aromatic heterocycles. The van der Waals surface area contributed by atoms with E-state index in [1.807, 2.05) is 24.3 Å². The van der Waals surface area contributed by atoms with Crippen molar-refractivity contribution in [2.75, 3.05) is 6.61 Å². The zero-order chi connectivity index (χ0) is 12.3. The minimum absolute atomic E-state index is 0.190. The third-order valence-corrected chi connectivity index (χ3v) is 4.05. The van der Waals surface area contributed by atoms with Crippen LogP contribution >= 0.6 is 0 Å². The fraction of sp³-hybridized carbons (Fsp3) is 0.286. The van der Waals surface area contributed by atoms with Crippen molar-refractivity contribution in [2.45, 2.75) is 12.5 Å². The Morgan fingerprint density at radius 3 is 3.00 bits per heavy atom. The Hall–Kier alpha value is -2.10. The summed E-state index contributed by atoms with van der Waals surface area (Å²) >= 11 is 0. The number of aromatic nitrogens is 1. The van der Waals surface area contributed by atoms with E-state index in [0.717, 1.165) is 29.4 Å². The lowest BCUT2D eigenvalue weighted by molar-refractivity contribution is -0.139. The summed E-state index contributed by atoms with van der Waals surface area (Å²) in [5.41, 5.74) is 2.53.